The maximum Gasteiger partial charge on any atom is 0.127 e. The fourth-order valence-electron chi connectivity index (χ4n) is 5.39. The van der Waals surface area contributed by atoms with Crippen LogP contribution < -0.4 is 0 Å². The molecule has 2 saturated carbocycles. The number of carbonyl (C=O) groups excluding carboxylic acids is 1. The van der Waals surface area contributed by atoms with E-state index in [2.05, 4.69) is 49.4 Å². The number of allylic oxidation sites excluding steroid dienone is 2. The van der Waals surface area contributed by atoms with Crippen molar-refractivity contribution in [3.8, 4) is 0 Å². The molecule has 0 aromatic heterocycles. The van der Waals surface area contributed by atoms with Crippen LogP contribution >= 0.6 is 0 Å². The third-order valence-corrected chi connectivity index (χ3v) is 5.97. The van der Waals surface area contributed by atoms with E-state index < -0.39 is 0 Å². The van der Waals surface area contributed by atoms with Crippen molar-refractivity contribution in [1.29, 1.82) is 0 Å². The van der Waals surface area contributed by atoms with E-state index in [-0.39, 0.29) is 5.41 Å². The molecule has 0 radical (unpaired) electrons. The number of aldehydes is 1. The van der Waals surface area contributed by atoms with Crippen molar-refractivity contribution < 1.29 is 4.79 Å². The molecule has 3 aliphatic carbocycles. The Balaban J connectivity index is 1.82. The second-order valence-electron chi connectivity index (χ2n) is 6.76. The Hall–Kier alpha value is -1.37. The van der Waals surface area contributed by atoms with Crippen molar-refractivity contribution in [2.24, 2.45) is 29.1 Å². The molecule has 1 heteroatoms. The van der Waals surface area contributed by atoms with Gasteiger partial charge >= 0.3 is 0 Å². The van der Waals surface area contributed by atoms with Crippen molar-refractivity contribution in [1.82, 2.24) is 0 Å². The van der Waals surface area contributed by atoms with Crippen molar-refractivity contribution in [2.45, 2.75) is 25.7 Å². The zero-order chi connectivity index (χ0) is 13.0. The number of carbonyl (C=O) groups is 1. The fraction of sp³-hybridized carbons (Fsp3) is 0.500. The molecular weight excluding hydrogens is 232 g/mol. The molecule has 1 aromatic rings. The molecule has 2 bridgehead atoms. The van der Waals surface area contributed by atoms with Crippen LogP contribution in [0.5, 0.6) is 0 Å². The zero-order valence-corrected chi connectivity index (χ0v) is 11.3. The van der Waals surface area contributed by atoms with Crippen LogP contribution in [0.4, 0.5) is 0 Å². The molecule has 19 heavy (non-hydrogen) atoms. The van der Waals surface area contributed by atoms with Crippen LogP contribution in [0.1, 0.15) is 31.2 Å². The summed E-state index contributed by atoms with van der Waals surface area (Å²) in [7, 11) is 0. The minimum atomic E-state index is -0.0562. The van der Waals surface area contributed by atoms with Crippen LogP contribution in [0.3, 0.4) is 0 Å². The normalized spacial score (nSPS) is 46.5. The molecule has 3 aliphatic rings. The van der Waals surface area contributed by atoms with Gasteiger partial charge in [0, 0.05) is 5.41 Å². The van der Waals surface area contributed by atoms with Gasteiger partial charge in [-0.3, -0.25) is 0 Å². The minimum Gasteiger partial charge on any atom is -0.303 e. The van der Waals surface area contributed by atoms with Gasteiger partial charge in [0.2, 0.25) is 0 Å². The van der Waals surface area contributed by atoms with E-state index in [0.717, 1.165) is 6.42 Å². The summed E-state index contributed by atoms with van der Waals surface area (Å²) in [4.78, 5) is 11.9. The zero-order valence-electron chi connectivity index (χ0n) is 11.3. The molecule has 2 fully saturated rings. The topological polar surface area (TPSA) is 17.1 Å². The summed E-state index contributed by atoms with van der Waals surface area (Å²) >= 11 is 0. The molecule has 0 aliphatic heterocycles. The van der Waals surface area contributed by atoms with Crippen molar-refractivity contribution in [2.75, 3.05) is 0 Å². The highest BCUT2D eigenvalue weighted by atomic mass is 16.1. The molecule has 0 heterocycles. The van der Waals surface area contributed by atoms with E-state index >= 15 is 0 Å². The van der Waals surface area contributed by atoms with Crippen LogP contribution in [-0.4, -0.2) is 6.29 Å². The van der Waals surface area contributed by atoms with Crippen LogP contribution in [-0.2, 0) is 4.79 Å². The second kappa shape index (κ2) is 3.82. The molecule has 4 rings (SSSR count). The molecule has 6 atom stereocenters. The van der Waals surface area contributed by atoms with Gasteiger partial charge in [-0.25, -0.2) is 0 Å². The Morgan fingerprint density at radius 1 is 1.21 bits per heavy atom. The van der Waals surface area contributed by atoms with E-state index in [1.54, 1.807) is 0 Å². The number of rotatable bonds is 2. The van der Waals surface area contributed by atoms with Gasteiger partial charge < -0.3 is 4.79 Å². The third kappa shape index (κ3) is 1.34. The maximum atomic E-state index is 11.9. The first-order valence-electron chi connectivity index (χ1n) is 7.46. The molecule has 1 aromatic carbocycles. The smallest absolute Gasteiger partial charge is 0.127 e. The molecule has 0 N–H and O–H groups in total. The minimum absolute atomic E-state index is 0.0562. The van der Waals surface area contributed by atoms with Crippen molar-refractivity contribution >= 4 is 6.29 Å². The lowest BCUT2D eigenvalue weighted by molar-refractivity contribution is -0.119. The predicted molar refractivity (Wildman–Crippen MR) is 75.7 cm³/mol. The van der Waals surface area contributed by atoms with Crippen LogP contribution in [0.2, 0.25) is 0 Å². The van der Waals surface area contributed by atoms with E-state index in [1.165, 1.54) is 18.3 Å². The average molecular weight is 252 g/mol. The number of hydrogen-bond acceptors (Lipinski definition) is 1. The summed E-state index contributed by atoms with van der Waals surface area (Å²) < 4.78 is 0. The monoisotopic (exact) mass is 252 g/mol. The van der Waals surface area contributed by atoms with Crippen molar-refractivity contribution in [3.63, 3.8) is 0 Å². The van der Waals surface area contributed by atoms with Gasteiger partial charge in [0.1, 0.15) is 6.29 Å². The first-order valence-corrected chi connectivity index (χ1v) is 7.46. The quantitative estimate of drug-likeness (QED) is 0.577. The van der Waals surface area contributed by atoms with Gasteiger partial charge in [-0.2, -0.15) is 0 Å². The van der Waals surface area contributed by atoms with Gasteiger partial charge in [-0.05, 0) is 48.0 Å². The summed E-state index contributed by atoms with van der Waals surface area (Å²) in [6.45, 7) is 2.33. The number of benzene rings is 1. The maximum absolute atomic E-state index is 11.9. The number of hydrogen-bond donors (Lipinski definition) is 0. The summed E-state index contributed by atoms with van der Waals surface area (Å²) in [6.07, 6.45) is 8.29. The molecule has 98 valence electrons. The second-order valence-corrected chi connectivity index (χ2v) is 6.76. The Labute approximate surface area is 114 Å². The summed E-state index contributed by atoms with van der Waals surface area (Å²) in [5.74, 6) is 2.85. The average Bonchev–Trinajstić information content (AvgIpc) is 3.09. The van der Waals surface area contributed by atoms with Gasteiger partial charge in [0.15, 0.2) is 0 Å². The standard InChI is InChI=1S/C18H20O/c1-12-10-18(11-19)15-8-7-14(9-15)17(18)16(12)13-5-3-2-4-6-13/h2-8,11-12,14-17H,9-10H2,1H3/t12-,14-,15+,16+,17+,18-/m1/s1. The molecule has 0 spiro atoms. The molecule has 0 amide bonds. The molecular formula is C18H20O. The van der Waals surface area contributed by atoms with E-state index in [1.807, 2.05) is 0 Å². The Morgan fingerprint density at radius 2 is 2.00 bits per heavy atom. The van der Waals surface area contributed by atoms with Gasteiger partial charge in [-0.15, -0.1) is 0 Å². The predicted octanol–water partition coefficient (Wildman–Crippen LogP) is 3.82. The lowest BCUT2D eigenvalue weighted by atomic mass is 9.68. The molecule has 1 nitrogen and oxygen atoms in total. The van der Waals surface area contributed by atoms with Gasteiger partial charge in [0.05, 0.1) is 0 Å². The van der Waals surface area contributed by atoms with Crippen LogP contribution in [0.25, 0.3) is 0 Å². The van der Waals surface area contributed by atoms with E-state index in [4.69, 9.17) is 0 Å². The largest absolute Gasteiger partial charge is 0.303 e. The third-order valence-electron chi connectivity index (χ3n) is 5.97. The van der Waals surface area contributed by atoms with Gasteiger partial charge in [-0.1, -0.05) is 49.4 Å². The van der Waals surface area contributed by atoms with E-state index in [9.17, 15) is 4.79 Å². The Morgan fingerprint density at radius 3 is 2.74 bits per heavy atom. The lowest BCUT2D eigenvalue weighted by Crippen LogP contribution is -2.33. The summed E-state index contributed by atoms with van der Waals surface area (Å²) in [5, 5.41) is 0. The van der Waals surface area contributed by atoms with E-state index in [0.29, 0.717) is 29.6 Å². The lowest BCUT2D eigenvalue weighted by Gasteiger charge is -2.34. The Bertz CT molecular complexity index is 532. The summed E-state index contributed by atoms with van der Waals surface area (Å²) in [5.41, 5.74) is 1.38. The SMILES string of the molecule is C[C@@H]1C[C@]2(C=O)[C@H]([C@@H]1c1ccccc1)[C@@H]1C=C[C@H]2C1. The molecule has 0 saturated heterocycles. The highest BCUT2D eigenvalue weighted by Gasteiger charge is 2.63. The summed E-state index contributed by atoms with van der Waals surface area (Å²) in [6, 6.07) is 10.8. The van der Waals surface area contributed by atoms with Crippen LogP contribution in [0, 0.1) is 29.1 Å². The van der Waals surface area contributed by atoms with Gasteiger partial charge in [0.25, 0.3) is 0 Å². The van der Waals surface area contributed by atoms with Crippen LogP contribution in [0.15, 0.2) is 42.5 Å². The molecule has 0 unspecified atom stereocenters. The fourth-order valence-corrected chi connectivity index (χ4v) is 5.39. The Kier molecular flexibility index (Phi) is 2.30. The number of fused-ring (bicyclic) bond motifs is 5. The first kappa shape index (κ1) is 11.5. The highest BCUT2D eigenvalue weighted by molar-refractivity contribution is 5.65. The highest BCUT2D eigenvalue weighted by Crippen LogP contribution is 2.68. The first-order chi connectivity index (χ1) is 9.26. The van der Waals surface area contributed by atoms with Crippen molar-refractivity contribution in [3.05, 3.63) is 48.0 Å².